The van der Waals surface area contributed by atoms with Crippen LogP contribution in [0.25, 0.3) is 10.2 Å². The lowest BCUT2D eigenvalue weighted by atomic mass is 10.0. The highest BCUT2D eigenvalue weighted by atomic mass is 35.5. The molecule has 29 heavy (non-hydrogen) atoms. The molecule has 144 valence electrons. The van der Waals surface area contributed by atoms with Crippen LogP contribution in [0.5, 0.6) is 0 Å². The Labute approximate surface area is 180 Å². The van der Waals surface area contributed by atoms with Crippen molar-refractivity contribution in [2.75, 3.05) is 11.1 Å². The Balaban J connectivity index is 1.51. The molecule has 1 amide bonds. The normalized spacial score (nSPS) is 10.8. The van der Waals surface area contributed by atoms with E-state index >= 15 is 0 Å². The lowest BCUT2D eigenvalue weighted by Gasteiger charge is -2.11. The third kappa shape index (κ3) is 4.48. The second kappa shape index (κ2) is 8.73. The molecule has 0 spiro atoms. The van der Waals surface area contributed by atoms with Gasteiger partial charge in [-0.1, -0.05) is 53.7 Å². The van der Waals surface area contributed by atoms with Crippen molar-refractivity contribution in [3.8, 4) is 0 Å². The van der Waals surface area contributed by atoms with Crippen molar-refractivity contribution in [2.45, 2.75) is 5.03 Å². The van der Waals surface area contributed by atoms with E-state index in [0.717, 1.165) is 15.2 Å². The Hall–Kier alpha value is -2.74. The number of thioether (sulfide) groups is 1. The molecule has 0 radical (unpaired) electrons. The number of ketones is 1. The minimum Gasteiger partial charge on any atom is -0.325 e. The molecule has 2 heterocycles. The van der Waals surface area contributed by atoms with Crippen molar-refractivity contribution in [1.29, 1.82) is 0 Å². The van der Waals surface area contributed by atoms with Crippen LogP contribution >= 0.6 is 34.7 Å². The number of aromatic nitrogens is 2. The monoisotopic (exact) mass is 439 g/mol. The van der Waals surface area contributed by atoms with Crippen LogP contribution < -0.4 is 5.32 Å². The number of benzene rings is 2. The van der Waals surface area contributed by atoms with Gasteiger partial charge in [0, 0.05) is 21.5 Å². The minimum atomic E-state index is -0.235. The number of anilines is 1. The van der Waals surface area contributed by atoms with E-state index in [1.165, 1.54) is 29.4 Å². The van der Waals surface area contributed by atoms with Gasteiger partial charge in [0.1, 0.15) is 16.2 Å². The topological polar surface area (TPSA) is 72.0 Å². The average Bonchev–Trinajstić information content (AvgIpc) is 3.23. The first-order chi connectivity index (χ1) is 14.1. The van der Waals surface area contributed by atoms with Gasteiger partial charge in [0.05, 0.1) is 11.4 Å². The number of rotatable bonds is 6. The zero-order valence-corrected chi connectivity index (χ0v) is 17.4. The number of nitrogens with one attached hydrogen (secondary N) is 1. The summed E-state index contributed by atoms with van der Waals surface area (Å²) in [6.45, 7) is 0. The number of hydrogen-bond acceptors (Lipinski definition) is 6. The van der Waals surface area contributed by atoms with Gasteiger partial charge in [0.2, 0.25) is 5.91 Å². The van der Waals surface area contributed by atoms with Gasteiger partial charge < -0.3 is 5.32 Å². The smallest absolute Gasteiger partial charge is 0.234 e. The SMILES string of the molecule is O=C(CSc1ncnc2sccc12)Nc1ccc(Cl)cc1C(=O)c1ccccc1. The molecule has 0 saturated heterocycles. The summed E-state index contributed by atoms with van der Waals surface area (Å²) < 4.78 is 0. The number of nitrogens with zero attached hydrogens (tertiary/aromatic N) is 2. The zero-order chi connectivity index (χ0) is 20.2. The Morgan fingerprint density at radius 3 is 2.72 bits per heavy atom. The molecular formula is C21H14ClN3O2S2. The number of carbonyl (C=O) groups excluding carboxylic acids is 2. The second-order valence-corrected chi connectivity index (χ2v) is 8.34. The molecule has 4 aromatic rings. The van der Waals surface area contributed by atoms with Crippen LogP contribution in [0.1, 0.15) is 15.9 Å². The van der Waals surface area contributed by atoms with Crippen LogP contribution in [0.15, 0.2) is 71.3 Å². The fraction of sp³-hybridized carbons (Fsp3) is 0.0476. The third-order valence-corrected chi connectivity index (χ3v) is 6.16. The maximum Gasteiger partial charge on any atom is 0.234 e. The number of halogens is 1. The van der Waals surface area contributed by atoms with E-state index in [1.54, 1.807) is 42.5 Å². The molecule has 4 rings (SSSR count). The summed E-state index contributed by atoms with van der Waals surface area (Å²) in [4.78, 5) is 34.8. The lowest BCUT2D eigenvalue weighted by molar-refractivity contribution is -0.113. The number of amides is 1. The second-order valence-electron chi connectivity index (χ2n) is 6.04. The molecule has 0 unspecified atom stereocenters. The first-order valence-electron chi connectivity index (χ1n) is 8.62. The summed E-state index contributed by atoms with van der Waals surface area (Å²) in [5.74, 6) is -0.280. The standard InChI is InChI=1S/C21H14ClN3O2S2/c22-14-6-7-17(16(10-14)19(27)13-4-2-1-3-5-13)25-18(26)11-29-21-15-8-9-28-20(15)23-12-24-21/h1-10,12H,11H2,(H,25,26). The van der Waals surface area contributed by atoms with Crippen molar-refractivity contribution in [3.63, 3.8) is 0 Å². The molecule has 1 N–H and O–H groups in total. The zero-order valence-electron chi connectivity index (χ0n) is 15.0. The summed E-state index contributed by atoms with van der Waals surface area (Å²) in [5.41, 5.74) is 1.31. The fourth-order valence-corrected chi connectivity index (χ4v) is 4.51. The van der Waals surface area contributed by atoms with E-state index in [2.05, 4.69) is 15.3 Å². The molecule has 0 atom stereocenters. The van der Waals surface area contributed by atoms with Crippen molar-refractivity contribution in [3.05, 3.63) is 82.5 Å². The van der Waals surface area contributed by atoms with Crippen molar-refractivity contribution >= 4 is 62.3 Å². The summed E-state index contributed by atoms with van der Waals surface area (Å²) in [6.07, 6.45) is 1.49. The molecule has 0 saturated carbocycles. The summed E-state index contributed by atoms with van der Waals surface area (Å²) in [5, 5.41) is 6.88. The van der Waals surface area contributed by atoms with Gasteiger partial charge in [-0.3, -0.25) is 9.59 Å². The van der Waals surface area contributed by atoms with Gasteiger partial charge in [-0.05, 0) is 29.6 Å². The molecule has 0 aliphatic rings. The van der Waals surface area contributed by atoms with Gasteiger partial charge in [-0.15, -0.1) is 11.3 Å². The highest BCUT2D eigenvalue weighted by Gasteiger charge is 2.16. The van der Waals surface area contributed by atoms with Crippen LogP contribution in [-0.4, -0.2) is 27.4 Å². The van der Waals surface area contributed by atoms with Gasteiger partial charge in [-0.25, -0.2) is 9.97 Å². The van der Waals surface area contributed by atoms with Crippen LogP contribution in [-0.2, 0) is 4.79 Å². The molecule has 2 aromatic heterocycles. The predicted molar refractivity (Wildman–Crippen MR) is 118 cm³/mol. The van der Waals surface area contributed by atoms with E-state index in [9.17, 15) is 9.59 Å². The van der Waals surface area contributed by atoms with Gasteiger partial charge in [0.15, 0.2) is 5.78 Å². The molecule has 0 aliphatic heterocycles. The number of thiophene rings is 1. The van der Waals surface area contributed by atoms with Gasteiger partial charge in [0.25, 0.3) is 0 Å². The summed E-state index contributed by atoms with van der Waals surface area (Å²) >= 11 is 8.94. The molecule has 0 fully saturated rings. The Morgan fingerprint density at radius 2 is 1.90 bits per heavy atom. The molecule has 0 bridgehead atoms. The number of carbonyl (C=O) groups is 2. The Bertz CT molecular complexity index is 1190. The summed E-state index contributed by atoms with van der Waals surface area (Å²) in [6, 6.07) is 15.7. The number of fused-ring (bicyclic) bond motifs is 1. The highest BCUT2D eigenvalue weighted by Crippen LogP contribution is 2.28. The molecular weight excluding hydrogens is 426 g/mol. The lowest BCUT2D eigenvalue weighted by Crippen LogP contribution is -2.17. The maximum absolute atomic E-state index is 12.9. The van der Waals surface area contributed by atoms with E-state index in [1.807, 2.05) is 17.5 Å². The van der Waals surface area contributed by atoms with E-state index in [0.29, 0.717) is 21.8 Å². The van der Waals surface area contributed by atoms with Crippen LogP contribution in [0, 0.1) is 0 Å². The summed E-state index contributed by atoms with van der Waals surface area (Å²) in [7, 11) is 0. The quantitative estimate of drug-likeness (QED) is 0.250. The third-order valence-electron chi connectivity index (χ3n) is 4.10. The first-order valence-corrected chi connectivity index (χ1v) is 10.9. The van der Waals surface area contributed by atoms with Crippen LogP contribution in [0.4, 0.5) is 5.69 Å². The van der Waals surface area contributed by atoms with Crippen LogP contribution in [0.3, 0.4) is 0 Å². The largest absolute Gasteiger partial charge is 0.325 e. The molecule has 8 heteroatoms. The fourth-order valence-electron chi connectivity index (χ4n) is 2.76. The molecule has 5 nitrogen and oxygen atoms in total. The van der Waals surface area contributed by atoms with Crippen molar-refractivity contribution in [1.82, 2.24) is 9.97 Å². The van der Waals surface area contributed by atoms with Crippen LogP contribution in [0.2, 0.25) is 5.02 Å². The Morgan fingerprint density at radius 1 is 1.07 bits per heavy atom. The minimum absolute atomic E-state index is 0.156. The maximum atomic E-state index is 12.9. The van der Waals surface area contributed by atoms with E-state index in [4.69, 9.17) is 11.6 Å². The van der Waals surface area contributed by atoms with Gasteiger partial charge >= 0.3 is 0 Å². The van der Waals surface area contributed by atoms with Crippen molar-refractivity contribution in [2.24, 2.45) is 0 Å². The van der Waals surface area contributed by atoms with Gasteiger partial charge in [-0.2, -0.15) is 0 Å². The average molecular weight is 440 g/mol. The highest BCUT2D eigenvalue weighted by molar-refractivity contribution is 8.00. The van der Waals surface area contributed by atoms with E-state index in [-0.39, 0.29) is 17.4 Å². The first kappa shape index (κ1) is 19.6. The van der Waals surface area contributed by atoms with E-state index < -0.39 is 0 Å². The number of hydrogen-bond donors (Lipinski definition) is 1. The van der Waals surface area contributed by atoms with Crippen molar-refractivity contribution < 1.29 is 9.59 Å². The predicted octanol–water partition coefficient (Wildman–Crippen LogP) is 5.31. The molecule has 0 aliphatic carbocycles. The molecule has 2 aromatic carbocycles. The Kier molecular flexibility index (Phi) is 5.89.